The van der Waals surface area contributed by atoms with Gasteiger partial charge in [-0.05, 0) is 4.98 Å². The van der Waals surface area contributed by atoms with Crippen molar-refractivity contribution in [2.45, 2.75) is 22.1 Å². The number of nitrogens with zero attached hydrogens (tertiary/aromatic N) is 2. The van der Waals surface area contributed by atoms with Gasteiger partial charge in [0.15, 0.2) is 0 Å². The quantitative estimate of drug-likeness (QED) is 0.429. The number of hydrogen-bond acceptors (Lipinski definition) is 5. The zero-order valence-corrected chi connectivity index (χ0v) is 12.1. The van der Waals surface area contributed by atoms with Gasteiger partial charge < -0.3 is 0 Å². The smallest absolute Gasteiger partial charge is 0.218 e. The fourth-order valence-corrected chi connectivity index (χ4v) is 4.64. The zero-order valence-electron chi connectivity index (χ0n) is 10.5. The highest BCUT2D eigenvalue weighted by molar-refractivity contribution is 8.09. The standard InChI is InChI=1S/C8H6F7N2O4S2/c9-6-16-2-1-3-17(6)4-5(22(18,19)7(10,11)12)23(20,21)8(13,14)15/h1-3,5H,4H2/q+1. The van der Waals surface area contributed by atoms with Crippen LogP contribution in [0.25, 0.3) is 0 Å². The van der Waals surface area contributed by atoms with Gasteiger partial charge in [0, 0.05) is 6.07 Å². The van der Waals surface area contributed by atoms with Gasteiger partial charge in [-0.1, -0.05) is 0 Å². The van der Waals surface area contributed by atoms with Gasteiger partial charge in [-0.2, -0.15) is 26.3 Å². The van der Waals surface area contributed by atoms with Crippen molar-refractivity contribution in [2.24, 2.45) is 0 Å². The molecule has 0 unspecified atom stereocenters. The van der Waals surface area contributed by atoms with E-state index < -0.39 is 47.9 Å². The summed E-state index contributed by atoms with van der Waals surface area (Å²) in [5.74, 6) is 0. The molecule has 1 heterocycles. The number of aromatic nitrogens is 2. The van der Waals surface area contributed by atoms with Crippen LogP contribution in [0.15, 0.2) is 18.5 Å². The Morgan fingerprint density at radius 2 is 1.43 bits per heavy atom. The third-order valence-corrected chi connectivity index (χ3v) is 6.95. The van der Waals surface area contributed by atoms with Gasteiger partial charge >= 0.3 is 17.1 Å². The maximum Gasteiger partial charge on any atom is 0.498 e. The lowest BCUT2D eigenvalue weighted by atomic mass is 10.6. The Morgan fingerprint density at radius 3 is 1.78 bits per heavy atom. The van der Waals surface area contributed by atoms with E-state index in [2.05, 4.69) is 4.98 Å². The predicted molar refractivity (Wildman–Crippen MR) is 58.1 cm³/mol. The van der Waals surface area contributed by atoms with Crippen LogP contribution in [-0.4, -0.2) is 37.4 Å². The lowest BCUT2D eigenvalue weighted by Gasteiger charge is -2.19. The summed E-state index contributed by atoms with van der Waals surface area (Å²) in [5.41, 5.74) is -12.6. The average Bonchev–Trinajstić information content (AvgIpc) is 2.34. The minimum atomic E-state index is -6.82. The molecule has 0 N–H and O–H groups in total. The molecule has 6 nitrogen and oxygen atoms in total. The third-order valence-electron chi connectivity index (χ3n) is 2.45. The first-order valence-electron chi connectivity index (χ1n) is 5.22. The largest absolute Gasteiger partial charge is 0.498 e. The van der Waals surface area contributed by atoms with E-state index in [1.54, 1.807) is 0 Å². The van der Waals surface area contributed by atoms with E-state index in [1.807, 2.05) is 0 Å². The molecule has 15 heteroatoms. The molecule has 0 fully saturated rings. The first kappa shape index (κ1) is 19.5. The minimum Gasteiger partial charge on any atom is -0.218 e. The molecule has 0 aliphatic carbocycles. The Kier molecular flexibility index (Phi) is 4.97. The molecular formula is C8H6F7N2O4S2+. The van der Waals surface area contributed by atoms with Crippen LogP contribution >= 0.6 is 0 Å². The van der Waals surface area contributed by atoms with Gasteiger partial charge in [0.2, 0.25) is 4.58 Å². The Bertz CT molecular complexity index is 741. The van der Waals surface area contributed by atoms with E-state index in [9.17, 15) is 47.6 Å². The second kappa shape index (κ2) is 5.85. The summed E-state index contributed by atoms with van der Waals surface area (Å²) in [6, 6.07) is 0.848. The summed E-state index contributed by atoms with van der Waals surface area (Å²) in [6.07, 6.45) is -0.378. The maximum atomic E-state index is 13.2. The molecule has 0 radical (unpaired) electrons. The van der Waals surface area contributed by atoms with Crippen molar-refractivity contribution in [3.8, 4) is 0 Å². The normalized spacial score (nSPS) is 14.3. The monoisotopic (exact) mass is 391 g/mol. The fraction of sp³-hybridized carbons (Fsp3) is 0.500. The molecule has 0 bridgehead atoms. The Labute approximate surface area is 124 Å². The van der Waals surface area contributed by atoms with Crippen LogP contribution < -0.4 is 4.57 Å². The molecule has 0 aliphatic heterocycles. The van der Waals surface area contributed by atoms with Crippen LogP contribution in [-0.2, 0) is 26.2 Å². The molecule has 0 spiro atoms. The molecule has 0 atom stereocenters. The molecule has 1 rings (SSSR count). The van der Waals surface area contributed by atoms with Crippen molar-refractivity contribution in [3.63, 3.8) is 0 Å². The summed E-state index contributed by atoms with van der Waals surface area (Å²) in [6.45, 7) is -1.98. The molecule has 1 aromatic rings. The number of halogens is 7. The third kappa shape index (κ3) is 3.70. The Balaban J connectivity index is 3.56. The molecular weight excluding hydrogens is 385 g/mol. The molecule has 132 valence electrons. The minimum absolute atomic E-state index is 0.1000. The van der Waals surface area contributed by atoms with Gasteiger partial charge in [-0.15, -0.1) is 4.39 Å². The van der Waals surface area contributed by atoms with Crippen molar-refractivity contribution in [1.82, 2.24) is 4.98 Å². The predicted octanol–water partition coefficient (Wildman–Crippen LogP) is 0.703. The molecule has 0 aliphatic rings. The highest BCUT2D eigenvalue weighted by Crippen LogP contribution is 2.36. The number of rotatable bonds is 4. The summed E-state index contributed by atoms with van der Waals surface area (Å²) in [7, 11) is -13.6. The van der Waals surface area contributed by atoms with Crippen molar-refractivity contribution in [3.05, 3.63) is 24.5 Å². The van der Waals surface area contributed by atoms with Gasteiger partial charge in [0.05, 0.1) is 6.20 Å². The van der Waals surface area contributed by atoms with Gasteiger partial charge in [0.1, 0.15) is 12.7 Å². The molecule has 1 aromatic heterocycles. The molecule has 0 aromatic carbocycles. The summed E-state index contributed by atoms with van der Waals surface area (Å²) < 4.78 is 129. The van der Waals surface area contributed by atoms with E-state index in [4.69, 9.17) is 0 Å². The molecule has 0 saturated heterocycles. The van der Waals surface area contributed by atoms with Crippen molar-refractivity contribution in [2.75, 3.05) is 0 Å². The Hall–Kier alpha value is -1.51. The van der Waals surface area contributed by atoms with Crippen LogP contribution in [0.4, 0.5) is 30.7 Å². The summed E-state index contributed by atoms with van der Waals surface area (Å²) in [5, 5.41) is 0. The van der Waals surface area contributed by atoms with E-state index in [0.29, 0.717) is 6.20 Å². The van der Waals surface area contributed by atoms with Crippen LogP contribution in [0, 0.1) is 6.08 Å². The van der Waals surface area contributed by atoms with Crippen molar-refractivity contribution >= 4 is 19.7 Å². The fourth-order valence-electron chi connectivity index (χ4n) is 1.34. The van der Waals surface area contributed by atoms with E-state index in [1.165, 1.54) is 0 Å². The highest BCUT2D eigenvalue weighted by Gasteiger charge is 2.63. The second-order valence-electron chi connectivity index (χ2n) is 3.95. The molecule has 0 saturated carbocycles. The zero-order chi connectivity index (χ0) is 18.3. The van der Waals surface area contributed by atoms with Crippen LogP contribution in [0.1, 0.15) is 0 Å². The van der Waals surface area contributed by atoms with Crippen LogP contribution in [0.2, 0.25) is 0 Å². The number of hydrogen-bond donors (Lipinski definition) is 0. The van der Waals surface area contributed by atoms with Gasteiger partial charge in [-0.25, -0.2) is 21.4 Å². The first-order valence-corrected chi connectivity index (χ1v) is 8.32. The van der Waals surface area contributed by atoms with Gasteiger partial charge in [0.25, 0.3) is 19.7 Å². The number of sulfone groups is 2. The van der Waals surface area contributed by atoms with Crippen LogP contribution in [0.5, 0.6) is 0 Å². The van der Waals surface area contributed by atoms with Crippen molar-refractivity contribution < 1.29 is 52.1 Å². The average molecular weight is 391 g/mol. The molecule has 0 amide bonds. The van der Waals surface area contributed by atoms with E-state index in [-0.39, 0.29) is 4.57 Å². The summed E-state index contributed by atoms with van der Waals surface area (Å²) in [4.78, 5) is 2.86. The topological polar surface area (TPSA) is 85.1 Å². The lowest BCUT2D eigenvalue weighted by Crippen LogP contribution is -2.54. The maximum absolute atomic E-state index is 13.2. The number of alkyl halides is 6. The second-order valence-corrected chi connectivity index (χ2v) is 8.49. The van der Waals surface area contributed by atoms with Crippen molar-refractivity contribution in [1.29, 1.82) is 0 Å². The lowest BCUT2D eigenvalue weighted by molar-refractivity contribution is -0.725. The summed E-state index contributed by atoms with van der Waals surface area (Å²) >= 11 is 0. The molecule has 23 heavy (non-hydrogen) atoms. The SMILES string of the molecule is O=S(=O)(C(C[n+]1cccnc1F)S(=O)(=O)C(F)(F)F)C(F)(F)F. The first-order chi connectivity index (χ1) is 10.1. The van der Waals surface area contributed by atoms with Gasteiger partial charge in [-0.3, -0.25) is 0 Å². The highest BCUT2D eigenvalue weighted by atomic mass is 32.3. The van der Waals surface area contributed by atoms with Crippen LogP contribution in [0.3, 0.4) is 0 Å². The Morgan fingerprint density at radius 1 is 1.00 bits per heavy atom. The van der Waals surface area contributed by atoms with E-state index in [0.717, 1.165) is 12.3 Å². The van der Waals surface area contributed by atoms with E-state index >= 15 is 0 Å².